The Morgan fingerprint density at radius 1 is 1.29 bits per heavy atom. The highest BCUT2D eigenvalue weighted by atomic mass is 35.5. The fourth-order valence-corrected chi connectivity index (χ4v) is 3.04. The van der Waals surface area contributed by atoms with Gasteiger partial charge in [-0.05, 0) is 30.2 Å². The number of Topliss-reactive ketones (excluding diaryl/α,β-unsaturated/α-hetero) is 1. The minimum Gasteiger partial charge on any atom is -0.386 e. The van der Waals surface area contributed by atoms with Crippen LogP contribution in [0.2, 0.25) is 5.02 Å². The molecule has 1 unspecified atom stereocenters. The Morgan fingerprint density at radius 3 is 2.83 bits per heavy atom. The maximum absolute atomic E-state index is 12.5. The summed E-state index contributed by atoms with van der Waals surface area (Å²) in [5, 5.41) is 0.561. The SMILES string of the molecule is CC1(c2cccc(CC(=O)c3cccc(Cl)c3)c2)COCC(N)=N1. The molecule has 0 aromatic heterocycles. The molecule has 1 heterocycles. The average Bonchev–Trinajstić information content (AvgIpc) is 2.55. The number of ketones is 1. The van der Waals surface area contributed by atoms with Crippen LogP contribution in [0.4, 0.5) is 0 Å². The molecule has 5 heteroatoms. The molecule has 1 atom stereocenters. The lowest BCUT2D eigenvalue weighted by molar-refractivity contribution is 0.0992. The molecule has 3 rings (SSSR count). The molecule has 124 valence electrons. The van der Waals surface area contributed by atoms with Gasteiger partial charge >= 0.3 is 0 Å². The van der Waals surface area contributed by atoms with Crippen molar-refractivity contribution in [1.29, 1.82) is 0 Å². The molecule has 0 aliphatic carbocycles. The van der Waals surface area contributed by atoms with Gasteiger partial charge in [-0.2, -0.15) is 0 Å². The summed E-state index contributed by atoms with van der Waals surface area (Å²) in [5.41, 5.74) is 7.83. The number of carbonyl (C=O) groups excluding carboxylic acids is 1. The molecular weight excluding hydrogens is 324 g/mol. The number of aliphatic imine (C=N–C) groups is 1. The summed E-state index contributed by atoms with van der Waals surface area (Å²) in [6.45, 7) is 2.82. The number of nitrogens with zero attached hydrogens (tertiary/aromatic N) is 1. The standard InChI is InChI=1S/C19H19ClN2O2/c1-19(12-24-11-18(21)22-19)15-6-2-4-13(8-15)9-17(23)14-5-3-7-16(20)10-14/h2-8,10H,9,11-12H2,1H3,(H2,21,22). The van der Waals surface area contributed by atoms with Gasteiger partial charge in [0.25, 0.3) is 0 Å². The quantitative estimate of drug-likeness (QED) is 0.866. The molecule has 2 aromatic carbocycles. The van der Waals surface area contributed by atoms with E-state index in [2.05, 4.69) is 4.99 Å². The van der Waals surface area contributed by atoms with Crippen molar-refractivity contribution in [3.8, 4) is 0 Å². The van der Waals surface area contributed by atoms with Gasteiger partial charge < -0.3 is 10.5 Å². The zero-order valence-electron chi connectivity index (χ0n) is 13.5. The van der Waals surface area contributed by atoms with E-state index in [0.29, 0.717) is 36.1 Å². The maximum Gasteiger partial charge on any atom is 0.167 e. The van der Waals surface area contributed by atoms with Crippen LogP contribution in [0.1, 0.15) is 28.4 Å². The van der Waals surface area contributed by atoms with Crippen molar-refractivity contribution in [3.05, 3.63) is 70.2 Å². The highest BCUT2D eigenvalue weighted by molar-refractivity contribution is 6.31. The molecule has 0 saturated carbocycles. The molecule has 1 aliphatic rings. The van der Waals surface area contributed by atoms with Crippen LogP contribution in [0.3, 0.4) is 0 Å². The Bertz CT molecular complexity index is 803. The normalized spacial score (nSPS) is 20.5. The first-order valence-electron chi connectivity index (χ1n) is 7.76. The molecule has 0 amide bonds. The second-order valence-corrected chi connectivity index (χ2v) is 6.62. The van der Waals surface area contributed by atoms with E-state index in [1.165, 1.54) is 0 Å². The van der Waals surface area contributed by atoms with Crippen molar-refractivity contribution in [3.63, 3.8) is 0 Å². The first kappa shape index (κ1) is 16.7. The van der Waals surface area contributed by atoms with Crippen LogP contribution in [-0.2, 0) is 16.7 Å². The van der Waals surface area contributed by atoms with Gasteiger partial charge in [0.05, 0.1) is 6.61 Å². The number of halogens is 1. The fourth-order valence-electron chi connectivity index (χ4n) is 2.85. The molecule has 0 saturated heterocycles. The second-order valence-electron chi connectivity index (χ2n) is 6.18. The van der Waals surface area contributed by atoms with Crippen molar-refractivity contribution >= 4 is 23.2 Å². The van der Waals surface area contributed by atoms with E-state index in [-0.39, 0.29) is 5.78 Å². The first-order valence-corrected chi connectivity index (χ1v) is 8.14. The van der Waals surface area contributed by atoms with Gasteiger partial charge in [-0.15, -0.1) is 0 Å². The zero-order chi connectivity index (χ0) is 17.2. The molecule has 2 N–H and O–H groups in total. The first-order chi connectivity index (χ1) is 11.5. The molecule has 0 spiro atoms. The number of rotatable bonds is 4. The van der Waals surface area contributed by atoms with Gasteiger partial charge in [0.2, 0.25) is 0 Å². The Balaban J connectivity index is 1.83. The summed E-state index contributed by atoms with van der Waals surface area (Å²) in [6.07, 6.45) is 0.310. The molecule has 4 nitrogen and oxygen atoms in total. The third kappa shape index (κ3) is 3.66. The molecule has 0 fully saturated rings. The van der Waals surface area contributed by atoms with Crippen LogP contribution in [0.5, 0.6) is 0 Å². The Morgan fingerprint density at radius 2 is 2.08 bits per heavy atom. The topological polar surface area (TPSA) is 64.7 Å². The minimum atomic E-state index is -0.516. The highest BCUT2D eigenvalue weighted by Crippen LogP contribution is 2.29. The lowest BCUT2D eigenvalue weighted by Gasteiger charge is -2.30. The molecule has 0 radical (unpaired) electrons. The number of carbonyl (C=O) groups is 1. The van der Waals surface area contributed by atoms with Gasteiger partial charge in [-0.25, -0.2) is 0 Å². The lowest BCUT2D eigenvalue weighted by atomic mass is 9.90. The Labute approximate surface area is 146 Å². The predicted molar refractivity (Wildman–Crippen MR) is 95.7 cm³/mol. The van der Waals surface area contributed by atoms with E-state index >= 15 is 0 Å². The monoisotopic (exact) mass is 342 g/mol. The van der Waals surface area contributed by atoms with Gasteiger partial charge in [0.15, 0.2) is 5.78 Å². The third-order valence-electron chi connectivity index (χ3n) is 4.08. The number of amidine groups is 1. The second kappa shape index (κ2) is 6.75. The van der Waals surface area contributed by atoms with Crippen molar-refractivity contribution in [2.24, 2.45) is 10.7 Å². The largest absolute Gasteiger partial charge is 0.386 e. The number of hydrogen-bond acceptors (Lipinski definition) is 4. The summed E-state index contributed by atoms with van der Waals surface area (Å²) < 4.78 is 5.52. The van der Waals surface area contributed by atoms with Gasteiger partial charge in [-0.3, -0.25) is 9.79 Å². The summed E-state index contributed by atoms with van der Waals surface area (Å²) in [7, 11) is 0. The van der Waals surface area contributed by atoms with Gasteiger partial charge in [0, 0.05) is 17.0 Å². The van der Waals surface area contributed by atoms with Crippen LogP contribution >= 0.6 is 11.6 Å². The number of ether oxygens (including phenoxy) is 1. The number of nitrogens with two attached hydrogens (primary N) is 1. The Kier molecular flexibility index (Phi) is 4.69. The fraction of sp³-hybridized carbons (Fsp3) is 0.263. The van der Waals surface area contributed by atoms with Crippen LogP contribution in [0.15, 0.2) is 53.5 Å². The molecule has 24 heavy (non-hydrogen) atoms. The number of hydrogen-bond donors (Lipinski definition) is 1. The predicted octanol–water partition coefficient (Wildman–Crippen LogP) is 3.37. The van der Waals surface area contributed by atoms with E-state index in [1.807, 2.05) is 31.2 Å². The summed E-state index contributed by atoms with van der Waals surface area (Å²) in [5.74, 6) is 0.520. The van der Waals surface area contributed by atoms with Crippen molar-refractivity contribution < 1.29 is 9.53 Å². The number of benzene rings is 2. The summed E-state index contributed by atoms with van der Waals surface area (Å²) >= 11 is 5.96. The lowest BCUT2D eigenvalue weighted by Crippen LogP contribution is -2.37. The molecule has 1 aliphatic heterocycles. The van der Waals surface area contributed by atoms with Crippen LogP contribution < -0.4 is 5.73 Å². The molecule has 2 aromatic rings. The zero-order valence-corrected chi connectivity index (χ0v) is 14.2. The van der Waals surface area contributed by atoms with E-state index in [9.17, 15) is 4.79 Å². The average molecular weight is 343 g/mol. The van der Waals surface area contributed by atoms with Gasteiger partial charge in [-0.1, -0.05) is 48.0 Å². The van der Waals surface area contributed by atoms with E-state index in [0.717, 1.165) is 11.1 Å². The summed E-state index contributed by atoms with van der Waals surface area (Å²) in [4.78, 5) is 17.0. The van der Waals surface area contributed by atoms with E-state index in [4.69, 9.17) is 22.1 Å². The van der Waals surface area contributed by atoms with E-state index < -0.39 is 5.54 Å². The van der Waals surface area contributed by atoms with Crippen LogP contribution in [0, 0.1) is 0 Å². The van der Waals surface area contributed by atoms with Crippen LogP contribution in [0.25, 0.3) is 0 Å². The summed E-state index contributed by atoms with van der Waals surface area (Å²) in [6, 6.07) is 14.9. The van der Waals surface area contributed by atoms with Crippen molar-refractivity contribution in [1.82, 2.24) is 0 Å². The highest BCUT2D eigenvalue weighted by Gasteiger charge is 2.30. The van der Waals surface area contributed by atoms with Gasteiger partial charge in [0.1, 0.15) is 18.0 Å². The third-order valence-corrected chi connectivity index (χ3v) is 4.32. The molecular formula is C19H19ClN2O2. The van der Waals surface area contributed by atoms with Crippen molar-refractivity contribution in [2.75, 3.05) is 13.2 Å². The van der Waals surface area contributed by atoms with E-state index in [1.54, 1.807) is 24.3 Å². The molecule has 0 bridgehead atoms. The van der Waals surface area contributed by atoms with Crippen LogP contribution in [-0.4, -0.2) is 24.8 Å². The smallest absolute Gasteiger partial charge is 0.167 e. The van der Waals surface area contributed by atoms with Crippen molar-refractivity contribution in [2.45, 2.75) is 18.9 Å². The maximum atomic E-state index is 12.5. The Hall–Kier alpha value is -2.17. The minimum absolute atomic E-state index is 0.0303.